The van der Waals surface area contributed by atoms with Crippen molar-refractivity contribution in [2.24, 2.45) is 0 Å². The topological polar surface area (TPSA) is 40.5 Å². The van der Waals surface area contributed by atoms with Crippen LogP contribution in [0.5, 0.6) is 0 Å². The number of alkyl halides is 1. The Kier molecular flexibility index (Phi) is 20.2. The van der Waals surface area contributed by atoms with Gasteiger partial charge in [-0.25, -0.2) is 0 Å². The number of aliphatic hydroxyl groups is 2. The molecule has 0 aliphatic heterocycles. The van der Waals surface area contributed by atoms with Crippen LogP contribution in [0.25, 0.3) is 0 Å². The molecule has 0 aromatic heterocycles. The fourth-order valence-corrected chi connectivity index (χ4v) is 0.400. The SMILES string of the molecule is CF.OCCCCCO. The Balaban J connectivity index is 0. The second kappa shape index (κ2) is 15.7. The molecule has 2 nitrogen and oxygen atoms in total. The van der Waals surface area contributed by atoms with Crippen LogP contribution in [0.15, 0.2) is 0 Å². The molecule has 0 spiro atoms. The Morgan fingerprint density at radius 3 is 1.44 bits per heavy atom. The molecule has 0 aromatic carbocycles. The summed E-state index contributed by atoms with van der Waals surface area (Å²) < 4.78 is 9.50. The van der Waals surface area contributed by atoms with E-state index in [0.29, 0.717) is 7.18 Å². The number of hydrogen-bond acceptors (Lipinski definition) is 2. The molecule has 0 heterocycles. The highest BCUT2D eigenvalue weighted by molar-refractivity contribution is 4.35. The van der Waals surface area contributed by atoms with Gasteiger partial charge in [-0.3, -0.25) is 4.39 Å². The monoisotopic (exact) mass is 138 g/mol. The third-order valence-electron chi connectivity index (χ3n) is 0.816. The lowest BCUT2D eigenvalue weighted by Crippen LogP contribution is -1.85. The van der Waals surface area contributed by atoms with Gasteiger partial charge in [0.15, 0.2) is 0 Å². The van der Waals surface area contributed by atoms with Gasteiger partial charge in [-0.2, -0.15) is 0 Å². The molecular formula is C6H15FO2. The summed E-state index contributed by atoms with van der Waals surface area (Å²) in [7, 11) is 0.500. The first kappa shape index (κ1) is 11.6. The lowest BCUT2D eigenvalue weighted by molar-refractivity contribution is 0.257. The van der Waals surface area contributed by atoms with E-state index in [0.717, 1.165) is 19.3 Å². The van der Waals surface area contributed by atoms with Crippen molar-refractivity contribution in [2.75, 3.05) is 20.4 Å². The van der Waals surface area contributed by atoms with E-state index in [1.165, 1.54) is 0 Å². The minimum atomic E-state index is 0.250. The number of halogens is 1. The van der Waals surface area contributed by atoms with Crippen LogP contribution >= 0.6 is 0 Å². The number of hydrogen-bond donors (Lipinski definition) is 2. The van der Waals surface area contributed by atoms with E-state index in [2.05, 4.69) is 0 Å². The highest BCUT2D eigenvalue weighted by Gasteiger charge is 1.81. The molecule has 0 saturated carbocycles. The van der Waals surface area contributed by atoms with Gasteiger partial charge >= 0.3 is 0 Å². The first-order valence-corrected chi connectivity index (χ1v) is 3.01. The third kappa shape index (κ3) is 18.1. The summed E-state index contributed by atoms with van der Waals surface area (Å²) in [6, 6.07) is 0. The van der Waals surface area contributed by atoms with E-state index in [9.17, 15) is 4.39 Å². The van der Waals surface area contributed by atoms with E-state index in [1.54, 1.807) is 0 Å². The standard InChI is InChI=1S/C5H12O2.CH3F/c6-4-2-1-3-5-7;1-2/h6-7H,1-5H2;1H3. The summed E-state index contributed by atoms with van der Waals surface area (Å²) in [6.45, 7) is 0.500. The molecule has 0 radical (unpaired) electrons. The van der Waals surface area contributed by atoms with Gasteiger partial charge in [-0.1, -0.05) is 0 Å². The average Bonchev–Trinajstić information content (AvgIpc) is 1.94. The number of aliphatic hydroxyl groups excluding tert-OH is 2. The van der Waals surface area contributed by atoms with E-state index in [1.807, 2.05) is 0 Å². The minimum Gasteiger partial charge on any atom is -0.396 e. The van der Waals surface area contributed by atoms with Crippen LogP contribution in [0, 0.1) is 0 Å². The predicted molar refractivity (Wildman–Crippen MR) is 35.1 cm³/mol. The van der Waals surface area contributed by atoms with Gasteiger partial charge in [0.25, 0.3) is 0 Å². The summed E-state index contributed by atoms with van der Waals surface area (Å²) in [4.78, 5) is 0. The lowest BCUT2D eigenvalue weighted by atomic mass is 10.2. The molecule has 0 aliphatic carbocycles. The van der Waals surface area contributed by atoms with Crippen LogP contribution in [0.3, 0.4) is 0 Å². The van der Waals surface area contributed by atoms with Crippen LogP contribution in [-0.4, -0.2) is 30.6 Å². The van der Waals surface area contributed by atoms with Gasteiger partial charge in [0.2, 0.25) is 0 Å². The predicted octanol–water partition coefficient (Wildman–Crippen LogP) is 0.727. The van der Waals surface area contributed by atoms with Crippen molar-refractivity contribution in [3.8, 4) is 0 Å². The molecule has 0 bridgehead atoms. The maximum absolute atomic E-state index is 9.50. The van der Waals surface area contributed by atoms with Crippen molar-refractivity contribution in [2.45, 2.75) is 19.3 Å². The van der Waals surface area contributed by atoms with Gasteiger partial charge in [0.1, 0.15) is 0 Å². The number of unbranched alkanes of at least 4 members (excludes halogenated alkanes) is 2. The first-order valence-electron chi connectivity index (χ1n) is 3.01. The molecule has 2 N–H and O–H groups in total. The van der Waals surface area contributed by atoms with Gasteiger partial charge in [-0.05, 0) is 19.3 Å². The van der Waals surface area contributed by atoms with Gasteiger partial charge in [0, 0.05) is 13.2 Å². The lowest BCUT2D eigenvalue weighted by Gasteiger charge is -1.90. The highest BCUT2D eigenvalue weighted by Crippen LogP contribution is 1.90. The molecule has 0 atom stereocenters. The molecular weight excluding hydrogens is 123 g/mol. The van der Waals surface area contributed by atoms with Crippen LogP contribution in [0.1, 0.15) is 19.3 Å². The fraction of sp³-hybridized carbons (Fsp3) is 1.00. The summed E-state index contributed by atoms with van der Waals surface area (Å²) in [5, 5.41) is 16.4. The Morgan fingerprint density at radius 1 is 0.889 bits per heavy atom. The second-order valence-electron chi connectivity index (χ2n) is 1.51. The van der Waals surface area contributed by atoms with Crippen molar-refractivity contribution in [3.05, 3.63) is 0 Å². The highest BCUT2D eigenvalue weighted by atomic mass is 19.1. The molecule has 0 unspecified atom stereocenters. The first-order chi connectivity index (χ1) is 4.41. The van der Waals surface area contributed by atoms with E-state index in [4.69, 9.17) is 10.2 Å². The Bertz CT molecular complexity index is 30.2. The molecule has 0 saturated heterocycles. The van der Waals surface area contributed by atoms with Crippen molar-refractivity contribution in [1.29, 1.82) is 0 Å². The van der Waals surface area contributed by atoms with E-state index < -0.39 is 0 Å². The fourth-order valence-electron chi connectivity index (χ4n) is 0.400. The van der Waals surface area contributed by atoms with Crippen molar-refractivity contribution in [3.63, 3.8) is 0 Å². The van der Waals surface area contributed by atoms with E-state index >= 15 is 0 Å². The van der Waals surface area contributed by atoms with Crippen LogP contribution in [0.2, 0.25) is 0 Å². The van der Waals surface area contributed by atoms with Crippen molar-refractivity contribution < 1.29 is 14.6 Å². The quantitative estimate of drug-likeness (QED) is 0.562. The summed E-state index contributed by atoms with van der Waals surface area (Å²) in [6.07, 6.45) is 2.58. The zero-order valence-electron chi connectivity index (χ0n) is 5.81. The Morgan fingerprint density at radius 2 is 1.22 bits per heavy atom. The Hall–Kier alpha value is -0.150. The number of rotatable bonds is 4. The minimum absolute atomic E-state index is 0.250. The van der Waals surface area contributed by atoms with Gasteiger partial charge in [0.05, 0.1) is 7.18 Å². The van der Waals surface area contributed by atoms with Crippen molar-refractivity contribution >= 4 is 0 Å². The van der Waals surface area contributed by atoms with E-state index in [-0.39, 0.29) is 13.2 Å². The summed E-state index contributed by atoms with van der Waals surface area (Å²) in [5.41, 5.74) is 0. The smallest absolute Gasteiger partial charge is 0.0785 e. The largest absolute Gasteiger partial charge is 0.396 e. The summed E-state index contributed by atoms with van der Waals surface area (Å²) in [5.74, 6) is 0. The van der Waals surface area contributed by atoms with Crippen molar-refractivity contribution in [1.82, 2.24) is 0 Å². The van der Waals surface area contributed by atoms with Gasteiger partial charge < -0.3 is 10.2 Å². The molecule has 3 heteroatoms. The Labute approximate surface area is 55.3 Å². The van der Waals surface area contributed by atoms with Crippen LogP contribution < -0.4 is 0 Å². The zero-order valence-corrected chi connectivity index (χ0v) is 5.81. The molecule has 9 heavy (non-hydrogen) atoms. The zero-order chi connectivity index (χ0) is 7.54. The molecule has 0 aliphatic rings. The third-order valence-corrected chi connectivity index (χ3v) is 0.816. The maximum Gasteiger partial charge on any atom is 0.0785 e. The molecule has 58 valence electrons. The molecule has 0 amide bonds. The average molecular weight is 138 g/mol. The normalized spacial score (nSPS) is 8.00. The molecule has 0 fully saturated rings. The summed E-state index contributed by atoms with van der Waals surface area (Å²) >= 11 is 0. The molecule has 0 aromatic rings. The maximum atomic E-state index is 9.50. The molecule has 0 rings (SSSR count). The van der Waals surface area contributed by atoms with Crippen LogP contribution in [0.4, 0.5) is 4.39 Å². The second-order valence-corrected chi connectivity index (χ2v) is 1.51. The van der Waals surface area contributed by atoms with Gasteiger partial charge in [-0.15, -0.1) is 0 Å². The van der Waals surface area contributed by atoms with Crippen LogP contribution in [-0.2, 0) is 0 Å².